The molecule has 102 valence electrons. The van der Waals surface area contributed by atoms with Crippen LogP contribution in [-0.2, 0) is 0 Å². The Balaban J connectivity index is 0.00000180. The van der Waals surface area contributed by atoms with Gasteiger partial charge < -0.3 is 10.8 Å². The van der Waals surface area contributed by atoms with Crippen LogP contribution in [0, 0.1) is 0 Å². The number of hydrogen-bond acceptors (Lipinski definition) is 2. The van der Waals surface area contributed by atoms with E-state index in [1.165, 1.54) is 0 Å². The molecule has 2 atom stereocenters. The molecule has 2 aromatic carbocycles. The van der Waals surface area contributed by atoms with Crippen molar-refractivity contribution in [3.05, 3.63) is 69.7 Å². The Bertz CT molecular complexity index is 530. The van der Waals surface area contributed by atoms with E-state index in [2.05, 4.69) is 0 Å². The lowest BCUT2D eigenvalue weighted by Gasteiger charge is -2.19. The smallest absolute Gasteiger partial charge is 0.0983 e. The second kappa shape index (κ2) is 7.13. The minimum absolute atomic E-state index is 0. The molecule has 19 heavy (non-hydrogen) atoms. The average molecular weight is 319 g/mol. The summed E-state index contributed by atoms with van der Waals surface area (Å²) >= 11 is 11.7. The largest absolute Gasteiger partial charge is 0.386 e. The SMILES string of the molecule is Cl.N[C@H](c1ccc(Cl)cc1)[C@H](O)c1cccc(Cl)c1. The van der Waals surface area contributed by atoms with Gasteiger partial charge in [0.1, 0.15) is 0 Å². The standard InChI is InChI=1S/C14H13Cl2NO.ClH/c15-11-6-4-9(5-7-11)13(17)14(18)10-2-1-3-12(16)8-10;/h1-8,13-14,18H,17H2;1H/t13-,14-;/m1./s1. The minimum atomic E-state index is -0.801. The third kappa shape index (κ3) is 4.10. The van der Waals surface area contributed by atoms with E-state index in [1.54, 1.807) is 48.5 Å². The second-order valence-electron chi connectivity index (χ2n) is 4.08. The van der Waals surface area contributed by atoms with Crippen molar-refractivity contribution in [2.45, 2.75) is 12.1 Å². The van der Waals surface area contributed by atoms with Gasteiger partial charge in [0, 0.05) is 10.0 Å². The number of aliphatic hydroxyl groups is 1. The number of rotatable bonds is 3. The van der Waals surface area contributed by atoms with Crippen LogP contribution >= 0.6 is 35.6 Å². The van der Waals surface area contributed by atoms with Crippen LogP contribution in [0.15, 0.2) is 48.5 Å². The van der Waals surface area contributed by atoms with Crippen LogP contribution in [0.2, 0.25) is 10.0 Å². The zero-order valence-electron chi connectivity index (χ0n) is 9.96. The van der Waals surface area contributed by atoms with E-state index in [9.17, 15) is 5.11 Å². The van der Waals surface area contributed by atoms with Crippen molar-refractivity contribution < 1.29 is 5.11 Å². The van der Waals surface area contributed by atoms with Gasteiger partial charge in [-0.05, 0) is 35.4 Å². The van der Waals surface area contributed by atoms with Crippen molar-refractivity contribution >= 4 is 35.6 Å². The first-order valence-corrected chi connectivity index (χ1v) is 6.28. The van der Waals surface area contributed by atoms with E-state index < -0.39 is 12.1 Å². The molecule has 0 spiro atoms. The van der Waals surface area contributed by atoms with Crippen molar-refractivity contribution in [2.75, 3.05) is 0 Å². The van der Waals surface area contributed by atoms with Crippen molar-refractivity contribution in [3.8, 4) is 0 Å². The Morgan fingerprint density at radius 2 is 1.53 bits per heavy atom. The third-order valence-electron chi connectivity index (χ3n) is 2.79. The molecule has 0 aromatic heterocycles. The number of halogens is 3. The Morgan fingerprint density at radius 3 is 2.11 bits per heavy atom. The normalized spacial score (nSPS) is 13.5. The van der Waals surface area contributed by atoms with Crippen LogP contribution in [0.1, 0.15) is 23.3 Å². The molecule has 0 aliphatic carbocycles. The van der Waals surface area contributed by atoms with E-state index in [1.807, 2.05) is 0 Å². The second-order valence-corrected chi connectivity index (χ2v) is 4.95. The first-order valence-electron chi connectivity index (χ1n) is 5.52. The zero-order valence-corrected chi connectivity index (χ0v) is 12.3. The summed E-state index contributed by atoms with van der Waals surface area (Å²) in [6.07, 6.45) is -0.801. The molecule has 0 aliphatic heterocycles. The number of benzene rings is 2. The molecule has 2 nitrogen and oxygen atoms in total. The van der Waals surface area contributed by atoms with Gasteiger partial charge in [0.05, 0.1) is 12.1 Å². The molecule has 5 heteroatoms. The topological polar surface area (TPSA) is 46.2 Å². The van der Waals surface area contributed by atoms with Crippen molar-refractivity contribution in [1.82, 2.24) is 0 Å². The molecule has 0 fully saturated rings. The van der Waals surface area contributed by atoms with Crippen LogP contribution < -0.4 is 5.73 Å². The van der Waals surface area contributed by atoms with Crippen LogP contribution in [0.25, 0.3) is 0 Å². The number of aliphatic hydroxyl groups excluding tert-OH is 1. The van der Waals surface area contributed by atoms with E-state index in [0.29, 0.717) is 15.6 Å². The summed E-state index contributed by atoms with van der Waals surface area (Å²) in [5, 5.41) is 11.4. The highest BCUT2D eigenvalue weighted by Crippen LogP contribution is 2.28. The zero-order chi connectivity index (χ0) is 13.1. The molecule has 0 unspecified atom stereocenters. The monoisotopic (exact) mass is 317 g/mol. The molecular formula is C14H14Cl3NO. The van der Waals surface area contributed by atoms with Gasteiger partial charge in [-0.3, -0.25) is 0 Å². The van der Waals surface area contributed by atoms with Gasteiger partial charge in [-0.1, -0.05) is 47.5 Å². The van der Waals surface area contributed by atoms with Gasteiger partial charge in [0.25, 0.3) is 0 Å². The third-order valence-corrected chi connectivity index (χ3v) is 3.27. The van der Waals surface area contributed by atoms with Crippen molar-refractivity contribution in [1.29, 1.82) is 0 Å². The molecule has 0 saturated carbocycles. The van der Waals surface area contributed by atoms with E-state index in [4.69, 9.17) is 28.9 Å². The van der Waals surface area contributed by atoms with Crippen LogP contribution in [-0.4, -0.2) is 5.11 Å². The summed E-state index contributed by atoms with van der Waals surface area (Å²) in [7, 11) is 0. The predicted octanol–water partition coefficient (Wildman–Crippen LogP) is 4.15. The summed E-state index contributed by atoms with van der Waals surface area (Å²) in [6, 6.07) is 13.7. The summed E-state index contributed by atoms with van der Waals surface area (Å²) in [5.41, 5.74) is 7.56. The quantitative estimate of drug-likeness (QED) is 0.893. The van der Waals surface area contributed by atoms with Crippen LogP contribution in [0.4, 0.5) is 0 Å². The molecule has 0 amide bonds. The molecule has 2 aromatic rings. The highest BCUT2D eigenvalue weighted by atomic mass is 35.5. The maximum Gasteiger partial charge on any atom is 0.0983 e. The molecule has 0 bridgehead atoms. The average Bonchev–Trinajstić information content (AvgIpc) is 2.38. The fourth-order valence-electron chi connectivity index (χ4n) is 1.77. The first-order chi connectivity index (χ1) is 8.58. The molecule has 0 heterocycles. The minimum Gasteiger partial charge on any atom is -0.386 e. The highest BCUT2D eigenvalue weighted by molar-refractivity contribution is 6.30. The highest BCUT2D eigenvalue weighted by Gasteiger charge is 2.18. The van der Waals surface area contributed by atoms with E-state index >= 15 is 0 Å². The molecule has 0 radical (unpaired) electrons. The molecule has 2 rings (SSSR count). The Kier molecular flexibility index (Phi) is 6.11. The lowest BCUT2D eigenvalue weighted by Crippen LogP contribution is -2.19. The molecule has 3 N–H and O–H groups in total. The van der Waals surface area contributed by atoms with Gasteiger partial charge in [0.15, 0.2) is 0 Å². The van der Waals surface area contributed by atoms with Gasteiger partial charge >= 0.3 is 0 Å². The first kappa shape index (κ1) is 16.3. The maximum atomic E-state index is 10.2. The number of nitrogens with two attached hydrogens (primary N) is 1. The lowest BCUT2D eigenvalue weighted by molar-refractivity contribution is 0.147. The fraction of sp³-hybridized carbons (Fsp3) is 0.143. The predicted molar refractivity (Wildman–Crippen MR) is 82.0 cm³/mol. The Morgan fingerprint density at radius 1 is 0.895 bits per heavy atom. The van der Waals surface area contributed by atoms with Gasteiger partial charge in [0.2, 0.25) is 0 Å². The number of hydrogen-bond donors (Lipinski definition) is 2. The van der Waals surface area contributed by atoms with Crippen molar-refractivity contribution in [3.63, 3.8) is 0 Å². The molecule has 0 saturated heterocycles. The van der Waals surface area contributed by atoms with E-state index in [-0.39, 0.29) is 12.4 Å². The summed E-state index contributed by atoms with van der Waals surface area (Å²) in [5.74, 6) is 0. The van der Waals surface area contributed by atoms with Crippen LogP contribution in [0.5, 0.6) is 0 Å². The summed E-state index contributed by atoms with van der Waals surface area (Å²) in [4.78, 5) is 0. The summed E-state index contributed by atoms with van der Waals surface area (Å²) < 4.78 is 0. The maximum absolute atomic E-state index is 10.2. The molecular weight excluding hydrogens is 305 g/mol. The van der Waals surface area contributed by atoms with Crippen molar-refractivity contribution in [2.24, 2.45) is 5.73 Å². The van der Waals surface area contributed by atoms with Crippen LogP contribution in [0.3, 0.4) is 0 Å². The molecule has 0 aliphatic rings. The van der Waals surface area contributed by atoms with Gasteiger partial charge in [-0.2, -0.15) is 0 Å². The lowest BCUT2D eigenvalue weighted by atomic mass is 9.97. The summed E-state index contributed by atoms with van der Waals surface area (Å²) in [6.45, 7) is 0. The van der Waals surface area contributed by atoms with Gasteiger partial charge in [-0.15, -0.1) is 12.4 Å². The van der Waals surface area contributed by atoms with Gasteiger partial charge in [-0.25, -0.2) is 0 Å². The van der Waals surface area contributed by atoms with E-state index in [0.717, 1.165) is 5.56 Å². The Hall–Kier alpha value is -0.770. The Labute approximate surface area is 128 Å². The fourth-order valence-corrected chi connectivity index (χ4v) is 2.09.